The molecule has 3 aromatic rings. The predicted molar refractivity (Wildman–Crippen MR) is 112 cm³/mol. The second-order valence-corrected chi connectivity index (χ2v) is 6.73. The van der Waals surface area contributed by atoms with Crippen LogP contribution in [-0.4, -0.2) is 16.7 Å². The largest absolute Gasteiger partial charge is 0.327 e. The van der Waals surface area contributed by atoms with Gasteiger partial charge in [0.25, 0.3) is 5.69 Å². The Kier molecular flexibility index (Phi) is 5.09. The van der Waals surface area contributed by atoms with Gasteiger partial charge in [0, 0.05) is 17.7 Å². The molecule has 0 radical (unpaired) electrons. The second-order valence-electron chi connectivity index (χ2n) is 6.73. The van der Waals surface area contributed by atoms with Crippen LogP contribution in [0.15, 0.2) is 90.5 Å². The quantitative estimate of drug-likeness (QED) is 0.381. The van der Waals surface area contributed by atoms with E-state index in [9.17, 15) is 19.7 Å². The Morgan fingerprint density at radius 3 is 2.07 bits per heavy atom. The molecule has 0 unspecified atom stereocenters. The van der Waals surface area contributed by atoms with Crippen molar-refractivity contribution in [2.75, 3.05) is 0 Å². The number of urea groups is 1. The molecule has 0 fully saturated rings. The highest BCUT2D eigenvalue weighted by Crippen LogP contribution is 2.34. The third-order valence-corrected chi connectivity index (χ3v) is 4.85. The van der Waals surface area contributed by atoms with Crippen LogP contribution in [0.25, 0.3) is 5.70 Å². The summed E-state index contributed by atoms with van der Waals surface area (Å²) in [5, 5.41) is 16.5. The summed E-state index contributed by atoms with van der Waals surface area (Å²) >= 11 is 0. The summed E-state index contributed by atoms with van der Waals surface area (Å²) in [7, 11) is 0. The fourth-order valence-electron chi connectivity index (χ4n) is 3.43. The van der Waals surface area contributed by atoms with Crippen LogP contribution in [0.2, 0.25) is 0 Å². The van der Waals surface area contributed by atoms with Gasteiger partial charge >= 0.3 is 6.03 Å². The van der Waals surface area contributed by atoms with Gasteiger partial charge < -0.3 is 10.6 Å². The Hall–Kier alpha value is -4.26. The Bertz CT molecular complexity index is 1140. The number of nitro groups is 1. The number of carbonyl (C=O) groups is 2. The number of ketones is 1. The molecule has 1 atom stereocenters. The summed E-state index contributed by atoms with van der Waals surface area (Å²) in [6.07, 6.45) is 0. The number of benzene rings is 3. The maximum atomic E-state index is 13.5. The molecular weight excluding hydrogens is 382 g/mol. The Balaban J connectivity index is 1.89. The summed E-state index contributed by atoms with van der Waals surface area (Å²) < 4.78 is 0. The van der Waals surface area contributed by atoms with E-state index in [1.165, 1.54) is 12.1 Å². The van der Waals surface area contributed by atoms with Gasteiger partial charge in [0.1, 0.15) is 0 Å². The van der Waals surface area contributed by atoms with Gasteiger partial charge in [-0.1, -0.05) is 60.7 Å². The second kappa shape index (κ2) is 8.00. The van der Waals surface area contributed by atoms with E-state index in [-0.39, 0.29) is 11.5 Å². The molecule has 1 aliphatic heterocycles. The fraction of sp³-hybridized carbons (Fsp3) is 0.0435. The lowest BCUT2D eigenvalue weighted by atomic mass is 9.87. The molecule has 0 saturated carbocycles. The minimum Gasteiger partial charge on any atom is -0.327 e. The van der Waals surface area contributed by atoms with E-state index < -0.39 is 17.0 Å². The van der Waals surface area contributed by atoms with Crippen LogP contribution in [0.5, 0.6) is 0 Å². The molecule has 7 heteroatoms. The van der Waals surface area contributed by atoms with Crippen LogP contribution in [0.1, 0.15) is 27.5 Å². The number of rotatable bonds is 5. The van der Waals surface area contributed by atoms with Crippen molar-refractivity contribution in [2.45, 2.75) is 6.04 Å². The number of carbonyl (C=O) groups excluding carboxylic acids is 2. The average molecular weight is 399 g/mol. The van der Waals surface area contributed by atoms with Gasteiger partial charge in [0.2, 0.25) is 0 Å². The number of hydrogen-bond donors (Lipinski definition) is 2. The van der Waals surface area contributed by atoms with Crippen molar-refractivity contribution >= 4 is 23.2 Å². The monoisotopic (exact) mass is 399 g/mol. The Labute approximate surface area is 172 Å². The first-order valence-corrected chi connectivity index (χ1v) is 9.26. The number of hydrogen-bond acceptors (Lipinski definition) is 4. The molecule has 148 valence electrons. The molecule has 0 bridgehead atoms. The van der Waals surface area contributed by atoms with Crippen molar-refractivity contribution < 1.29 is 14.5 Å². The third-order valence-electron chi connectivity index (χ3n) is 4.85. The van der Waals surface area contributed by atoms with Crippen LogP contribution >= 0.6 is 0 Å². The molecule has 0 aromatic heterocycles. The van der Waals surface area contributed by atoms with Crippen LogP contribution < -0.4 is 10.6 Å². The predicted octanol–water partition coefficient (Wildman–Crippen LogP) is 4.24. The zero-order chi connectivity index (χ0) is 21.1. The highest BCUT2D eigenvalue weighted by molar-refractivity contribution is 6.16. The lowest BCUT2D eigenvalue weighted by molar-refractivity contribution is -0.384. The van der Waals surface area contributed by atoms with E-state index in [0.717, 1.165) is 0 Å². The molecule has 30 heavy (non-hydrogen) atoms. The molecular formula is C23H17N3O4. The maximum Gasteiger partial charge on any atom is 0.320 e. The number of Topliss-reactive ketones (excluding diaryl/α,β-unsaturated/α-hetero) is 1. The zero-order valence-corrected chi connectivity index (χ0v) is 15.7. The number of amides is 2. The summed E-state index contributed by atoms with van der Waals surface area (Å²) in [6.45, 7) is 0. The van der Waals surface area contributed by atoms with Gasteiger partial charge in [-0.2, -0.15) is 0 Å². The van der Waals surface area contributed by atoms with Crippen LogP contribution in [0, 0.1) is 10.1 Å². The van der Waals surface area contributed by atoms with E-state index >= 15 is 0 Å². The van der Waals surface area contributed by atoms with Crippen molar-refractivity contribution in [1.29, 1.82) is 0 Å². The normalized spacial score (nSPS) is 15.9. The van der Waals surface area contributed by atoms with Gasteiger partial charge in [0.05, 0.1) is 22.2 Å². The SMILES string of the molecule is O=C1NC(c2ccccc2)=C(C(=O)c2ccccc2)[C@H](c2ccc([N+](=O)[O-])cc2)N1. The molecule has 7 nitrogen and oxygen atoms in total. The topological polar surface area (TPSA) is 101 Å². The molecule has 0 saturated heterocycles. The molecule has 0 aliphatic carbocycles. The van der Waals surface area contributed by atoms with Crippen molar-refractivity contribution in [3.05, 3.63) is 117 Å². The number of non-ortho nitro benzene ring substituents is 1. The van der Waals surface area contributed by atoms with Gasteiger partial charge in [0.15, 0.2) is 5.78 Å². The minimum absolute atomic E-state index is 0.0674. The highest BCUT2D eigenvalue weighted by atomic mass is 16.6. The van der Waals surface area contributed by atoms with Gasteiger partial charge in [-0.3, -0.25) is 14.9 Å². The summed E-state index contributed by atoms with van der Waals surface area (Å²) in [4.78, 5) is 36.4. The third kappa shape index (κ3) is 3.68. The van der Waals surface area contributed by atoms with Crippen molar-refractivity contribution in [1.82, 2.24) is 10.6 Å². The summed E-state index contributed by atoms with van der Waals surface area (Å²) in [5.41, 5.74) is 2.45. The van der Waals surface area contributed by atoms with E-state index in [4.69, 9.17) is 0 Å². The smallest absolute Gasteiger partial charge is 0.320 e. The van der Waals surface area contributed by atoms with Gasteiger partial charge in [-0.15, -0.1) is 0 Å². The van der Waals surface area contributed by atoms with Crippen molar-refractivity contribution in [2.24, 2.45) is 0 Å². The standard InChI is InChI=1S/C23H17N3O4/c27-22(17-9-5-2-6-10-17)19-20(15-7-3-1-4-8-15)24-23(28)25-21(19)16-11-13-18(14-12-16)26(29)30/h1-14,21H,(H2,24,25,28)/t21-/m0/s1. The molecule has 4 rings (SSSR count). The van der Waals surface area contributed by atoms with E-state index in [2.05, 4.69) is 10.6 Å². The Morgan fingerprint density at radius 2 is 1.47 bits per heavy atom. The lowest BCUT2D eigenvalue weighted by Crippen LogP contribution is -2.45. The van der Waals surface area contributed by atoms with E-state index in [1.54, 1.807) is 36.4 Å². The summed E-state index contributed by atoms with van der Waals surface area (Å²) in [5.74, 6) is -0.245. The number of nitrogens with zero attached hydrogens (tertiary/aromatic N) is 1. The first-order valence-electron chi connectivity index (χ1n) is 9.26. The van der Waals surface area contributed by atoms with Crippen LogP contribution in [-0.2, 0) is 0 Å². The van der Waals surface area contributed by atoms with Crippen LogP contribution in [0.4, 0.5) is 10.5 Å². The molecule has 2 N–H and O–H groups in total. The molecule has 0 spiro atoms. The van der Waals surface area contributed by atoms with Crippen molar-refractivity contribution in [3.63, 3.8) is 0 Å². The number of nitro benzene ring substituents is 1. The fourth-order valence-corrected chi connectivity index (χ4v) is 3.43. The van der Waals surface area contributed by atoms with Gasteiger partial charge in [-0.05, 0) is 23.3 Å². The molecule has 2 amide bonds. The molecule has 3 aromatic carbocycles. The average Bonchev–Trinajstić information content (AvgIpc) is 2.79. The van der Waals surface area contributed by atoms with Crippen LogP contribution in [0.3, 0.4) is 0 Å². The Morgan fingerprint density at radius 1 is 0.867 bits per heavy atom. The summed E-state index contributed by atoms with van der Waals surface area (Å²) in [6, 6.07) is 22.5. The van der Waals surface area contributed by atoms with E-state index in [0.29, 0.717) is 28.0 Å². The van der Waals surface area contributed by atoms with E-state index in [1.807, 2.05) is 36.4 Å². The number of nitrogens with one attached hydrogen (secondary N) is 2. The first kappa shape index (κ1) is 19.1. The first-order chi connectivity index (χ1) is 14.5. The molecule has 1 heterocycles. The van der Waals surface area contributed by atoms with Gasteiger partial charge in [-0.25, -0.2) is 4.79 Å². The zero-order valence-electron chi connectivity index (χ0n) is 15.7. The highest BCUT2D eigenvalue weighted by Gasteiger charge is 2.33. The lowest BCUT2D eigenvalue weighted by Gasteiger charge is -2.30. The van der Waals surface area contributed by atoms with Crippen molar-refractivity contribution in [3.8, 4) is 0 Å². The maximum absolute atomic E-state index is 13.5. The molecule has 1 aliphatic rings. The minimum atomic E-state index is -0.762.